The lowest BCUT2D eigenvalue weighted by atomic mass is 10.1. The molecule has 1 saturated heterocycles. The van der Waals surface area contributed by atoms with E-state index < -0.39 is 0 Å². The van der Waals surface area contributed by atoms with Gasteiger partial charge in [-0.2, -0.15) is 0 Å². The first-order valence-corrected chi connectivity index (χ1v) is 8.69. The third-order valence-corrected chi connectivity index (χ3v) is 4.46. The summed E-state index contributed by atoms with van der Waals surface area (Å²) < 4.78 is 0. The molecule has 0 aliphatic carbocycles. The van der Waals surface area contributed by atoms with Gasteiger partial charge in [0.2, 0.25) is 11.8 Å². The van der Waals surface area contributed by atoms with Gasteiger partial charge in [-0.05, 0) is 24.3 Å². The number of carbonyl (C=O) groups is 2. The number of hydrogen-bond donors (Lipinski definition) is 1. The van der Waals surface area contributed by atoms with Gasteiger partial charge in [-0.15, -0.1) is 0 Å². The van der Waals surface area contributed by atoms with Gasteiger partial charge in [-0.25, -0.2) is 0 Å². The number of rotatable bonds is 4. The first-order chi connectivity index (χ1) is 12.0. The van der Waals surface area contributed by atoms with E-state index in [1.165, 1.54) is 0 Å². The van der Waals surface area contributed by atoms with E-state index in [0.29, 0.717) is 19.6 Å². The number of nitrogens with zero attached hydrogens (tertiary/aromatic N) is 3. The highest BCUT2D eigenvalue weighted by molar-refractivity contribution is 6.01. The summed E-state index contributed by atoms with van der Waals surface area (Å²) in [6, 6.07) is 9.52. The molecule has 0 bridgehead atoms. The minimum atomic E-state index is -0.0417. The zero-order chi connectivity index (χ0) is 17.8. The van der Waals surface area contributed by atoms with Gasteiger partial charge < -0.3 is 10.2 Å². The largest absolute Gasteiger partial charge is 0.340 e. The Kier molecular flexibility index (Phi) is 5.28. The second-order valence-electron chi connectivity index (χ2n) is 6.68. The van der Waals surface area contributed by atoms with Crippen LogP contribution in [0.1, 0.15) is 13.8 Å². The minimum Gasteiger partial charge on any atom is -0.340 e. The minimum absolute atomic E-state index is 0.0230. The summed E-state index contributed by atoms with van der Waals surface area (Å²) in [5, 5.41) is 3.92. The molecule has 25 heavy (non-hydrogen) atoms. The Labute approximate surface area is 147 Å². The molecule has 1 aromatic heterocycles. The lowest BCUT2D eigenvalue weighted by Crippen LogP contribution is -2.51. The van der Waals surface area contributed by atoms with E-state index in [9.17, 15) is 9.59 Å². The van der Waals surface area contributed by atoms with Crippen LogP contribution in [0.5, 0.6) is 0 Å². The molecule has 2 amide bonds. The maximum absolute atomic E-state index is 12.4. The Morgan fingerprint density at radius 2 is 1.88 bits per heavy atom. The quantitative estimate of drug-likeness (QED) is 0.924. The standard InChI is InChI=1S/C19H24N4O2/c1-14(2)19(25)23-11-9-22(10-12-23)13-18(24)21-17-7-3-6-16-15(17)5-4-8-20-16/h3-8,14H,9-13H2,1-2H3,(H,21,24). The van der Waals surface area contributed by atoms with Gasteiger partial charge in [0, 0.05) is 43.7 Å². The summed E-state index contributed by atoms with van der Waals surface area (Å²) in [5.41, 5.74) is 1.64. The molecule has 0 radical (unpaired) electrons. The molecule has 0 saturated carbocycles. The van der Waals surface area contributed by atoms with Crippen LogP contribution < -0.4 is 5.32 Å². The summed E-state index contributed by atoms with van der Waals surface area (Å²) in [6.07, 6.45) is 1.74. The highest BCUT2D eigenvalue weighted by Gasteiger charge is 2.23. The normalized spacial score (nSPS) is 15.6. The van der Waals surface area contributed by atoms with Gasteiger partial charge >= 0.3 is 0 Å². The van der Waals surface area contributed by atoms with Crippen molar-refractivity contribution in [3.05, 3.63) is 36.5 Å². The van der Waals surface area contributed by atoms with Crippen molar-refractivity contribution >= 4 is 28.4 Å². The summed E-state index contributed by atoms with van der Waals surface area (Å²) in [5.74, 6) is 0.169. The van der Waals surface area contributed by atoms with E-state index in [1.54, 1.807) is 6.20 Å². The average molecular weight is 340 g/mol. The Hall–Kier alpha value is -2.47. The number of nitrogens with one attached hydrogen (secondary N) is 1. The van der Waals surface area contributed by atoms with Crippen LogP contribution in [0.2, 0.25) is 0 Å². The fraction of sp³-hybridized carbons (Fsp3) is 0.421. The van der Waals surface area contributed by atoms with E-state index in [1.807, 2.05) is 49.1 Å². The number of fused-ring (bicyclic) bond motifs is 1. The Morgan fingerprint density at radius 3 is 2.60 bits per heavy atom. The first kappa shape index (κ1) is 17.4. The molecule has 6 nitrogen and oxygen atoms in total. The van der Waals surface area contributed by atoms with Gasteiger partial charge in [-0.3, -0.25) is 19.5 Å². The third kappa shape index (κ3) is 4.14. The Bertz CT molecular complexity index is 762. The second-order valence-corrected chi connectivity index (χ2v) is 6.68. The topological polar surface area (TPSA) is 65.5 Å². The highest BCUT2D eigenvalue weighted by atomic mass is 16.2. The lowest BCUT2D eigenvalue weighted by molar-refractivity contribution is -0.136. The number of aromatic nitrogens is 1. The third-order valence-electron chi connectivity index (χ3n) is 4.46. The molecular weight excluding hydrogens is 316 g/mol. The monoisotopic (exact) mass is 340 g/mol. The Balaban J connectivity index is 1.56. The zero-order valence-corrected chi connectivity index (χ0v) is 14.7. The number of amides is 2. The Morgan fingerprint density at radius 1 is 1.12 bits per heavy atom. The molecule has 132 valence electrons. The maximum Gasteiger partial charge on any atom is 0.238 e. The fourth-order valence-corrected chi connectivity index (χ4v) is 3.10. The average Bonchev–Trinajstić information content (AvgIpc) is 2.62. The number of anilines is 1. The van der Waals surface area contributed by atoms with Crippen molar-refractivity contribution in [3.63, 3.8) is 0 Å². The summed E-state index contributed by atoms with van der Waals surface area (Å²) >= 11 is 0. The molecule has 0 spiro atoms. The predicted octanol–water partition coefficient (Wildman–Crippen LogP) is 1.97. The zero-order valence-electron chi connectivity index (χ0n) is 14.7. The van der Waals surface area contributed by atoms with Crippen molar-refractivity contribution in [2.24, 2.45) is 5.92 Å². The van der Waals surface area contributed by atoms with E-state index >= 15 is 0 Å². The van der Waals surface area contributed by atoms with Crippen molar-refractivity contribution in [3.8, 4) is 0 Å². The van der Waals surface area contributed by atoms with Crippen LogP contribution >= 0.6 is 0 Å². The van der Waals surface area contributed by atoms with Crippen LogP contribution in [0, 0.1) is 5.92 Å². The van der Waals surface area contributed by atoms with E-state index in [0.717, 1.165) is 29.7 Å². The number of carbonyl (C=O) groups excluding carboxylic acids is 2. The first-order valence-electron chi connectivity index (χ1n) is 8.69. The van der Waals surface area contributed by atoms with Crippen molar-refractivity contribution in [2.45, 2.75) is 13.8 Å². The predicted molar refractivity (Wildman–Crippen MR) is 98.2 cm³/mol. The van der Waals surface area contributed by atoms with Gasteiger partial charge in [0.25, 0.3) is 0 Å². The molecule has 1 aliphatic heterocycles. The molecule has 1 fully saturated rings. The van der Waals surface area contributed by atoms with Crippen molar-refractivity contribution in [1.29, 1.82) is 0 Å². The molecule has 1 aromatic carbocycles. The van der Waals surface area contributed by atoms with Crippen LogP contribution in [0.25, 0.3) is 10.9 Å². The molecule has 1 aliphatic rings. The van der Waals surface area contributed by atoms with Crippen molar-refractivity contribution in [1.82, 2.24) is 14.8 Å². The molecule has 2 aromatic rings. The number of benzene rings is 1. The number of pyridine rings is 1. The van der Waals surface area contributed by atoms with Crippen molar-refractivity contribution < 1.29 is 9.59 Å². The van der Waals surface area contributed by atoms with Gasteiger partial charge in [-0.1, -0.05) is 19.9 Å². The van der Waals surface area contributed by atoms with E-state index in [-0.39, 0.29) is 17.7 Å². The van der Waals surface area contributed by atoms with E-state index in [2.05, 4.69) is 15.2 Å². The fourth-order valence-electron chi connectivity index (χ4n) is 3.10. The maximum atomic E-state index is 12.4. The number of piperazine rings is 1. The molecule has 2 heterocycles. The summed E-state index contributed by atoms with van der Waals surface area (Å²) in [6.45, 7) is 6.99. The highest BCUT2D eigenvalue weighted by Crippen LogP contribution is 2.21. The van der Waals surface area contributed by atoms with Gasteiger partial charge in [0.05, 0.1) is 17.7 Å². The molecular formula is C19H24N4O2. The smallest absolute Gasteiger partial charge is 0.238 e. The van der Waals surface area contributed by atoms with Crippen LogP contribution in [0.15, 0.2) is 36.5 Å². The summed E-state index contributed by atoms with van der Waals surface area (Å²) in [7, 11) is 0. The van der Waals surface area contributed by atoms with Crippen LogP contribution in [0.3, 0.4) is 0 Å². The van der Waals surface area contributed by atoms with Gasteiger partial charge in [0.1, 0.15) is 0 Å². The molecule has 0 unspecified atom stereocenters. The van der Waals surface area contributed by atoms with Crippen molar-refractivity contribution in [2.75, 3.05) is 38.0 Å². The molecule has 1 N–H and O–H groups in total. The molecule has 6 heteroatoms. The number of hydrogen-bond acceptors (Lipinski definition) is 4. The van der Waals surface area contributed by atoms with Crippen LogP contribution in [-0.2, 0) is 9.59 Å². The second kappa shape index (κ2) is 7.61. The molecule has 3 rings (SSSR count). The van der Waals surface area contributed by atoms with Crippen LogP contribution in [0.4, 0.5) is 5.69 Å². The van der Waals surface area contributed by atoms with Gasteiger partial charge in [0.15, 0.2) is 0 Å². The molecule has 0 atom stereocenters. The van der Waals surface area contributed by atoms with E-state index in [4.69, 9.17) is 0 Å². The summed E-state index contributed by atoms with van der Waals surface area (Å²) in [4.78, 5) is 32.7. The van der Waals surface area contributed by atoms with Crippen LogP contribution in [-0.4, -0.2) is 59.3 Å². The lowest BCUT2D eigenvalue weighted by Gasteiger charge is -2.35. The SMILES string of the molecule is CC(C)C(=O)N1CCN(CC(=O)Nc2cccc3ncccc23)CC1.